The zero-order valence-electron chi connectivity index (χ0n) is 27.6. The van der Waals surface area contributed by atoms with Crippen LogP contribution in [-0.4, -0.2) is 155 Å². The number of hydrogen-bond acceptors (Lipinski definition) is 15. The number of aliphatic hydroxyl groups is 10. The Morgan fingerprint density at radius 2 is 1.56 bits per heavy atom. The highest BCUT2D eigenvalue weighted by molar-refractivity contribution is 5.94. The van der Waals surface area contributed by atoms with Gasteiger partial charge < -0.3 is 70.0 Å². The summed E-state index contributed by atoms with van der Waals surface area (Å²) in [7, 11) is 0. The maximum atomic E-state index is 13.8. The first-order chi connectivity index (χ1) is 22.4. The first-order valence-corrected chi connectivity index (χ1v) is 17.4. The molecule has 0 aromatic heterocycles. The van der Waals surface area contributed by atoms with Crippen LogP contribution in [0.1, 0.15) is 53.4 Å². The van der Waals surface area contributed by atoms with Crippen LogP contribution in [0.2, 0.25) is 0 Å². The quantitative estimate of drug-likeness (QED) is 0.140. The average Bonchev–Trinajstić information content (AvgIpc) is 3.50. The van der Waals surface area contributed by atoms with Gasteiger partial charge in [0, 0.05) is 23.7 Å². The number of Topliss-reactive ketones (excluding diaryl/α,β-unsaturated/α-hetero) is 1. The summed E-state index contributed by atoms with van der Waals surface area (Å²) < 4.78 is 25.1. The maximum absolute atomic E-state index is 13.8. The molecule has 4 aliphatic carbocycles. The molecule has 0 aromatic rings. The van der Waals surface area contributed by atoms with Gasteiger partial charge in [0.05, 0.1) is 31.5 Å². The summed E-state index contributed by atoms with van der Waals surface area (Å²) in [5.74, 6) is -4.30. The zero-order chi connectivity index (χ0) is 35.0. The fourth-order valence-electron chi connectivity index (χ4n) is 11.7. The van der Waals surface area contributed by atoms with Crippen LogP contribution in [0.4, 0.5) is 0 Å². The summed E-state index contributed by atoms with van der Waals surface area (Å²) in [6, 6.07) is 0. The summed E-state index contributed by atoms with van der Waals surface area (Å²) in [6.45, 7) is 7.19. The lowest BCUT2D eigenvalue weighted by molar-refractivity contribution is -0.345. The zero-order valence-corrected chi connectivity index (χ0v) is 27.6. The molecule has 0 aromatic carbocycles. The molecule has 48 heavy (non-hydrogen) atoms. The monoisotopic (exact) mass is 688 g/mol. The van der Waals surface area contributed by atoms with Gasteiger partial charge in [-0.25, -0.2) is 0 Å². The normalized spacial score (nSPS) is 62.7. The van der Waals surface area contributed by atoms with Gasteiger partial charge in [0.25, 0.3) is 0 Å². The standard InChI is InChI=1S/C33H52O15/c1-11-10-45-32(8-16(11)46-29-25(40)22(37)20(35)17(9-34)47-29)12(2)19-15(48-32)7-14-18-13(5-6-30(14,19)3)31(4)26(41)23(38)24(39)28(43)33(31,44)27(42)21(18)36/h11-26,28-29,34-41,43-44H,5-10H2,1-4H3/t11-,12-,13+,14+,15-,16-,17+,18+,19-,20+,21-,22-,23+,24-,25+,26+,28-,29+,30-,31-,32+,33-/m0/s1. The van der Waals surface area contributed by atoms with Crippen molar-refractivity contribution in [1.82, 2.24) is 0 Å². The van der Waals surface area contributed by atoms with E-state index in [1.165, 1.54) is 6.92 Å². The molecule has 1 spiro atoms. The molecule has 7 aliphatic rings. The average molecular weight is 689 g/mol. The van der Waals surface area contributed by atoms with Crippen LogP contribution in [0.15, 0.2) is 0 Å². The summed E-state index contributed by atoms with van der Waals surface area (Å²) >= 11 is 0. The van der Waals surface area contributed by atoms with E-state index < -0.39 is 114 Å². The van der Waals surface area contributed by atoms with E-state index in [0.29, 0.717) is 19.3 Å². The topological polar surface area (TPSA) is 256 Å². The van der Waals surface area contributed by atoms with Crippen LogP contribution in [0.5, 0.6) is 0 Å². The van der Waals surface area contributed by atoms with Crippen LogP contribution < -0.4 is 0 Å². The number of fused-ring (bicyclic) bond motifs is 7. The molecular formula is C33H52O15. The highest BCUT2D eigenvalue weighted by atomic mass is 16.7. The molecule has 0 radical (unpaired) electrons. The van der Waals surface area contributed by atoms with Crippen LogP contribution in [0, 0.1) is 46.3 Å². The molecule has 22 atom stereocenters. The Bertz CT molecular complexity index is 1270. The third kappa shape index (κ3) is 4.35. The van der Waals surface area contributed by atoms with Crippen molar-refractivity contribution in [2.24, 2.45) is 46.3 Å². The van der Waals surface area contributed by atoms with E-state index in [9.17, 15) is 55.9 Å². The third-order valence-electron chi connectivity index (χ3n) is 14.5. The predicted molar refractivity (Wildman–Crippen MR) is 159 cm³/mol. The molecule has 0 bridgehead atoms. The van der Waals surface area contributed by atoms with Crippen molar-refractivity contribution in [3.8, 4) is 0 Å². The molecule has 10 N–H and O–H groups in total. The van der Waals surface area contributed by atoms with E-state index in [0.717, 1.165) is 0 Å². The summed E-state index contributed by atoms with van der Waals surface area (Å²) in [5, 5.41) is 107. The highest BCUT2D eigenvalue weighted by Gasteiger charge is 2.79. The Balaban J connectivity index is 1.14. The van der Waals surface area contributed by atoms with E-state index in [4.69, 9.17) is 18.9 Å². The Hall–Kier alpha value is -0.890. The first-order valence-electron chi connectivity index (χ1n) is 17.4. The summed E-state index contributed by atoms with van der Waals surface area (Å²) in [6.07, 6.45) is -15.7. The maximum Gasteiger partial charge on any atom is 0.196 e. The largest absolute Gasteiger partial charge is 0.394 e. The minimum Gasteiger partial charge on any atom is -0.394 e. The molecule has 274 valence electrons. The van der Waals surface area contributed by atoms with E-state index in [1.807, 2.05) is 13.8 Å². The molecule has 4 saturated carbocycles. The molecular weight excluding hydrogens is 636 g/mol. The van der Waals surface area contributed by atoms with Crippen molar-refractivity contribution in [2.45, 2.75) is 138 Å². The lowest BCUT2D eigenvalue weighted by Gasteiger charge is -2.66. The molecule has 3 saturated heterocycles. The van der Waals surface area contributed by atoms with Crippen molar-refractivity contribution in [3.05, 3.63) is 0 Å². The third-order valence-corrected chi connectivity index (χ3v) is 14.5. The second-order valence-corrected chi connectivity index (χ2v) is 16.4. The Kier molecular flexibility index (Phi) is 8.55. The predicted octanol–water partition coefficient (Wildman–Crippen LogP) is -3.23. The molecule has 15 heteroatoms. The van der Waals surface area contributed by atoms with E-state index in [2.05, 4.69) is 6.92 Å². The Morgan fingerprint density at radius 3 is 2.23 bits per heavy atom. The van der Waals surface area contributed by atoms with E-state index in [-0.39, 0.29) is 42.8 Å². The van der Waals surface area contributed by atoms with E-state index in [1.54, 1.807) is 0 Å². The molecule has 15 nitrogen and oxygen atoms in total. The fourth-order valence-corrected chi connectivity index (χ4v) is 11.7. The second-order valence-electron chi connectivity index (χ2n) is 16.4. The molecule has 7 fully saturated rings. The van der Waals surface area contributed by atoms with Crippen molar-refractivity contribution < 1.29 is 74.8 Å². The van der Waals surface area contributed by atoms with Crippen LogP contribution in [0.3, 0.4) is 0 Å². The minimum atomic E-state index is -2.68. The summed E-state index contributed by atoms with van der Waals surface area (Å²) in [5.41, 5.74) is -4.90. The number of carbonyl (C=O) groups excluding carboxylic acids is 1. The van der Waals surface area contributed by atoms with Gasteiger partial charge in [-0.3, -0.25) is 4.79 Å². The number of hydrogen-bond donors (Lipinski definition) is 10. The van der Waals surface area contributed by atoms with Crippen molar-refractivity contribution >= 4 is 5.78 Å². The number of ketones is 1. The van der Waals surface area contributed by atoms with Crippen LogP contribution in [-0.2, 0) is 23.7 Å². The van der Waals surface area contributed by atoms with Crippen molar-refractivity contribution in [2.75, 3.05) is 13.2 Å². The smallest absolute Gasteiger partial charge is 0.196 e. The molecule has 0 amide bonds. The van der Waals surface area contributed by atoms with Gasteiger partial charge in [0.2, 0.25) is 0 Å². The second kappa shape index (κ2) is 11.6. The first kappa shape index (κ1) is 35.5. The van der Waals surface area contributed by atoms with Gasteiger partial charge in [0.15, 0.2) is 23.5 Å². The molecule has 0 unspecified atom stereocenters. The van der Waals surface area contributed by atoms with E-state index >= 15 is 0 Å². The SMILES string of the molecule is C[C@H]1CO[C@]2(C[C@@H]1O[C@@H]1O[C@H](CO)[C@@H](O)[C@H](O)[C@H]1O)O[C@H]1C[C@@H]3[C@@H]4[C@H](O)C(=O)[C@]5(O)[C@@H](O)[C@@H](O)[C@@H](O)[C@@H](O)[C@]5(C)[C@@H]4CC[C@]3(C)[C@H]1[C@@H]2C. The Labute approximate surface area is 278 Å². The lowest BCUT2D eigenvalue weighted by Crippen LogP contribution is -2.82. The fraction of sp³-hybridized carbons (Fsp3) is 0.970. The van der Waals surface area contributed by atoms with Crippen LogP contribution >= 0.6 is 0 Å². The molecule has 3 heterocycles. The van der Waals surface area contributed by atoms with Gasteiger partial charge in [-0.1, -0.05) is 27.7 Å². The minimum absolute atomic E-state index is 0.0880. The number of ether oxygens (including phenoxy) is 4. The molecule has 7 rings (SSSR count). The lowest BCUT2D eigenvalue weighted by atomic mass is 9.40. The summed E-state index contributed by atoms with van der Waals surface area (Å²) in [4.78, 5) is 13.8. The van der Waals surface area contributed by atoms with Gasteiger partial charge in [-0.2, -0.15) is 0 Å². The van der Waals surface area contributed by atoms with Crippen molar-refractivity contribution in [3.63, 3.8) is 0 Å². The van der Waals surface area contributed by atoms with Crippen molar-refractivity contribution in [1.29, 1.82) is 0 Å². The highest BCUT2D eigenvalue weighted by Crippen LogP contribution is 2.71. The van der Waals surface area contributed by atoms with Gasteiger partial charge in [-0.15, -0.1) is 0 Å². The number of rotatable bonds is 3. The number of aliphatic hydroxyl groups excluding tert-OH is 9. The molecule has 3 aliphatic heterocycles. The van der Waals surface area contributed by atoms with Gasteiger partial charge in [-0.05, 0) is 48.3 Å². The number of carbonyl (C=O) groups is 1. The van der Waals surface area contributed by atoms with Crippen LogP contribution in [0.25, 0.3) is 0 Å². The van der Waals surface area contributed by atoms with Gasteiger partial charge in [0.1, 0.15) is 48.8 Å². The van der Waals surface area contributed by atoms with Gasteiger partial charge >= 0.3 is 0 Å². The Morgan fingerprint density at radius 1 is 0.896 bits per heavy atom.